The average Bonchev–Trinajstić information content (AvgIpc) is 4.14. The molecule has 21 heteroatoms. The van der Waals surface area contributed by atoms with Gasteiger partial charge in [0, 0.05) is 77.3 Å². The molecule has 18 nitrogen and oxygen atoms in total. The first kappa shape index (κ1) is 53.1. The average molecular weight is 1030 g/mol. The normalized spacial score (nSPS) is 11.6. The predicted molar refractivity (Wildman–Crippen MR) is 283 cm³/mol. The van der Waals surface area contributed by atoms with E-state index < -0.39 is 29.6 Å². The molecule has 0 unspecified atom stereocenters. The minimum atomic E-state index is -0.700. The fourth-order valence-electron chi connectivity index (χ4n) is 7.62. The molecule has 0 aliphatic heterocycles. The Bertz CT molecular complexity index is 3450. The van der Waals surface area contributed by atoms with Gasteiger partial charge in [-0.1, -0.05) is 63.2 Å². The van der Waals surface area contributed by atoms with Crippen molar-refractivity contribution in [3.63, 3.8) is 0 Å². The van der Waals surface area contributed by atoms with Crippen LogP contribution in [0.4, 0.5) is 8.78 Å². The van der Waals surface area contributed by atoms with Gasteiger partial charge >= 0.3 is 0 Å². The van der Waals surface area contributed by atoms with Gasteiger partial charge in [-0.2, -0.15) is 8.78 Å². The van der Waals surface area contributed by atoms with Gasteiger partial charge in [-0.3, -0.25) is 19.4 Å². The highest BCUT2D eigenvalue weighted by atomic mass is 35.5. The van der Waals surface area contributed by atoms with Gasteiger partial charge in [0.05, 0.1) is 21.7 Å². The topological polar surface area (TPSA) is 260 Å². The molecule has 6 aromatic heterocycles. The van der Waals surface area contributed by atoms with Gasteiger partial charge in [-0.25, -0.2) is 39.0 Å². The van der Waals surface area contributed by atoms with Crippen molar-refractivity contribution >= 4 is 64.6 Å². The Hall–Kier alpha value is -9.69. The van der Waals surface area contributed by atoms with E-state index in [1.54, 1.807) is 6.07 Å². The first-order valence-corrected chi connectivity index (χ1v) is 23.0. The number of nitrogens with two attached hydrogens (primary N) is 3. The second-order valence-corrected chi connectivity index (χ2v) is 17.6. The van der Waals surface area contributed by atoms with Crippen LogP contribution in [0.15, 0.2) is 129 Å². The molecule has 75 heavy (non-hydrogen) atoms. The summed E-state index contributed by atoms with van der Waals surface area (Å²) in [7, 11) is 0. The van der Waals surface area contributed by atoms with E-state index >= 15 is 0 Å². The third kappa shape index (κ3) is 14.5. The number of primary amides is 3. The zero-order chi connectivity index (χ0) is 53.9. The quantitative estimate of drug-likeness (QED) is 0.0772. The van der Waals surface area contributed by atoms with Gasteiger partial charge < -0.3 is 17.2 Å². The van der Waals surface area contributed by atoms with Crippen molar-refractivity contribution in [2.45, 2.75) is 41.5 Å². The standard InChI is InChI=1S/C18H16ClN5O.2C18H16FN5O/c1-11-3-12(2)5-13(4-11)18-22-10-24(23-18)9-16(17(20)25)14-6-15(19)8-21-7-14;1-11-5-12(2)7-14(6-11)18-22-10-24(23-18)9-15(17(20)25)13-3-4-21-16(19)8-13;1-11-5-12(2)7-14(6-11)18-22-10-24(23-18)9-15(17(20)25)13-3-4-16(19)21-8-13/h3*3-10H,1-2H3,(H2,20,25)/b16-9+;2*15-9+. The predicted octanol–water partition coefficient (Wildman–Crippen LogP) is 8.25. The highest BCUT2D eigenvalue weighted by molar-refractivity contribution is 6.31. The highest BCUT2D eigenvalue weighted by Gasteiger charge is 2.15. The Morgan fingerprint density at radius 3 is 1.21 bits per heavy atom. The third-order valence-electron chi connectivity index (χ3n) is 10.6. The summed E-state index contributed by atoms with van der Waals surface area (Å²) in [6, 6.07) is 25.0. The Balaban J connectivity index is 0.000000164. The lowest BCUT2D eigenvalue weighted by molar-refractivity contribution is -0.113. The van der Waals surface area contributed by atoms with Crippen LogP contribution in [-0.4, -0.2) is 77.0 Å². The lowest BCUT2D eigenvalue weighted by atomic mass is 10.1. The lowest BCUT2D eigenvalue weighted by Gasteiger charge is -2.04. The van der Waals surface area contributed by atoms with Crippen molar-refractivity contribution in [1.82, 2.24) is 59.2 Å². The maximum absolute atomic E-state index is 13.3. The molecule has 0 saturated carbocycles. The van der Waals surface area contributed by atoms with Gasteiger partial charge in [-0.15, -0.1) is 15.3 Å². The zero-order valence-corrected chi connectivity index (χ0v) is 42.1. The minimum absolute atomic E-state index is 0.109. The Morgan fingerprint density at radius 2 is 0.853 bits per heavy atom. The van der Waals surface area contributed by atoms with Crippen molar-refractivity contribution in [2.24, 2.45) is 17.2 Å². The van der Waals surface area contributed by atoms with E-state index in [9.17, 15) is 23.2 Å². The zero-order valence-electron chi connectivity index (χ0n) is 41.3. The molecule has 0 bridgehead atoms. The molecule has 9 aromatic rings. The number of benzene rings is 3. The smallest absolute Gasteiger partial charge is 0.250 e. The van der Waals surface area contributed by atoms with Crippen LogP contribution in [0, 0.1) is 53.4 Å². The summed E-state index contributed by atoms with van der Waals surface area (Å²) in [6.45, 7) is 12.0. The summed E-state index contributed by atoms with van der Waals surface area (Å²) in [5.74, 6) is -1.68. The first-order chi connectivity index (χ1) is 35.8. The number of pyridine rings is 3. The largest absolute Gasteiger partial charge is 0.366 e. The van der Waals surface area contributed by atoms with Gasteiger partial charge in [0.25, 0.3) is 17.7 Å². The molecule has 6 N–H and O–H groups in total. The Kier molecular flexibility index (Phi) is 16.8. The van der Waals surface area contributed by atoms with Crippen molar-refractivity contribution < 1.29 is 23.2 Å². The number of aromatic nitrogens is 12. The lowest BCUT2D eigenvalue weighted by Crippen LogP contribution is -2.14. The number of rotatable bonds is 12. The molecule has 0 atom stereocenters. The summed E-state index contributed by atoms with van der Waals surface area (Å²) in [4.78, 5) is 59.1. The van der Waals surface area contributed by atoms with Gasteiger partial charge in [0.1, 0.15) is 19.0 Å². The molecular weight excluding hydrogens is 980 g/mol. The molecule has 378 valence electrons. The summed E-state index contributed by atoms with van der Waals surface area (Å²) in [6.07, 6.45) is 14.3. The van der Waals surface area contributed by atoms with E-state index in [-0.39, 0.29) is 16.7 Å². The number of amides is 3. The second kappa shape index (κ2) is 23.7. The Labute approximate surface area is 434 Å². The summed E-state index contributed by atoms with van der Waals surface area (Å²) < 4.78 is 30.5. The number of carbonyl (C=O) groups excluding carboxylic acids is 3. The van der Waals surface area contributed by atoms with Crippen molar-refractivity contribution in [1.29, 1.82) is 0 Å². The maximum Gasteiger partial charge on any atom is 0.250 e. The highest BCUT2D eigenvalue weighted by Crippen LogP contribution is 2.24. The molecule has 0 radical (unpaired) electrons. The van der Waals surface area contributed by atoms with Crippen LogP contribution in [0.25, 0.3) is 69.5 Å². The minimum Gasteiger partial charge on any atom is -0.366 e. The van der Waals surface area contributed by atoms with E-state index in [4.69, 9.17) is 28.8 Å². The van der Waals surface area contributed by atoms with Crippen LogP contribution in [0.1, 0.15) is 50.1 Å². The van der Waals surface area contributed by atoms with Crippen LogP contribution in [0.5, 0.6) is 0 Å². The molecule has 9 rings (SSSR count). The van der Waals surface area contributed by atoms with Gasteiger partial charge in [-0.05, 0) is 108 Å². The molecule has 3 amide bonds. The summed E-state index contributed by atoms with van der Waals surface area (Å²) in [5.41, 5.74) is 27.4. The summed E-state index contributed by atoms with van der Waals surface area (Å²) >= 11 is 5.93. The SMILES string of the molecule is Cc1cc(C)cc(-c2ncn(/C=C(/C(N)=O)c3ccc(F)nc3)n2)c1.Cc1cc(C)cc(-c2ncn(/C=C(/C(N)=O)c3ccnc(F)c3)n2)c1.Cc1cc(C)cc(-c2ncn(/C=C(/C(N)=O)c3cncc(Cl)c3)n2)c1. The van der Waals surface area contributed by atoms with Gasteiger partial charge in [0.2, 0.25) is 11.9 Å². The molecule has 0 aliphatic rings. The van der Waals surface area contributed by atoms with Crippen LogP contribution < -0.4 is 17.2 Å². The van der Waals surface area contributed by atoms with Crippen molar-refractivity contribution in [2.75, 3.05) is 0 Å². The van der Waals surface area contributed by atoms with Crippen LogP contribution in [-0.2, 0) is 14.4 Å². The van der Waals surface area contributed by atoms with E-state index in [2.05, 4.69) is 63.4 Å². The fourth-order valence-corrected chi connectivity index (χ4v) is 7.80. The van der Waals surface area contributed by atoms with E-state index in [0.717, 1.165) is 62.2 Å². The molecule has 6 heterocycles. The van der Waals surface area contributed by atoms with Gasteiger partial charge in [0.15, 0.2) is 17.5 Å². The van der Waals surface area contributed by atoms with Crippen molar-refractivity contribution in [3.8, 4) is 34.2 Å². The molecule has 0 fully saturated rings. The molecule has 0 spiro atoms. The number of hydrogen-bond acceptors (Lipinski definition) is 12. The second-order valence-electron chi connectivity index (χ2n) is 17.1. The molecular formula is C54H48ClF2N15O3. The Morgan fingerprint density at radius 1 is 0.453 bits per heavy atom. The van der Waals surface area contributed by atoms with E-state index in [1.165, 1.54) is 88.5 Å². The van der Waals surface area contributed by atoms with Crippen LogP contribution in [0.2, 0.25) is 5.02 Å². The molecule has 3 aromatic carbocycles. The van der Waals surface area contributed by atoms with E-state index in [0.29, 0.717) is 39.2 Å². The number of halogens is 3. The van der Waals surface area contributed by atoms with Crippen LogP contribution >= 0.6 is 11.6 Å². The fraction of sp³-hybridized carbons (Fsp3) is 0.111. The van der Waals surface area contributed by atoms with E-state index in [1.807, 2.05) is 77.9 Å². The molecule has 0 saturated heterocycles. The number of carbonyl (C=O) groups is 3. The maximum atomic E-state index is 13.3. The molecule has 0 aliphatic carbocycles. The van der Waals surface area contributed by atoms with Crippen molar-refractivity contribution in [3.05, 3.63) is 196 Å². The van der Waals surface area contributed by atoms with Crippen LogP contribution in [0.3, 0.4) is 0 Å². The monoisotopic (exact) mass is 1030 g/mol. The number of hydrogen-bond donors (Lipinski definition) is 3. The third-order valence-corrected chi connectivity index (χ3v) is 10.8. The number of aryl methyl sites for hydroxylation is 6. The number of nitrogens with zero attached hydrogens (tertiary/aromatic N) is 12. The summed E-state index contributed by atoms with van der Waals surface area (Å²) in [5, 5.41) is 13.5. The first-order valence-electron chi connectivity index (χ1n) is 22.7.